The molecule has 3 aromatic rings. The van der Waals surface area contributed by atoms with Gasteiger partial charge in [0, 0.05) is 31.3 Å². The van der Waals surface area contributed by atoms with Crippen LogP contribution in [0, 0.1) is 0 Å². The number of nitrogens with zero attached hydrogens (tertiary/aromatic N) is 2. The van der Waals surface area contributed by atoms with Gasteiger partial charge in [0.25, 0.3) is 11.8 Å². The van der Waals surface area contributed by atoms with Gasteiger partial charge in [0.05, 0.1) is 25.5 Å². The van der Waals surface area contributed by atoms with Crippen LogP contribution in [0.2, 0.25) is 0 Å². The summed E-state index contributed by atoms with van der Waals surface area (Å²) in [6.07, 6.45) is 0.816. The second-order valence-electron chi connectivity index (χ2n) is 8.05. The number of ether oxygens (including phenoxy) is 2. The van der Waals surface area contributed by atoms with Crippen molar-refractivity contribution in [2.75, 3.05) is 25.7 Å². The predicted octanol–water partition coefficient (Wildman–Crippen LogP) is 4.05. The number of imide groups is 1. The number of rotatable bonds is 5. The molecule has 0 N–H and O–H groups in total. The molecule has 6 nitrogen and oxygen atoms in total. The molecule has 0 aliphatic carbocycles. The third-order valence-corrected chi connectivity index (χ3v) is 6.16. The highest BCUT2D eigenvalue weighted by molar-refractivity contribution is 6.45. The third-order valence-electron chi connectivity index (χ3n) is 6.16. The second-order valence-corrected chi connectivity index (χ2v) is 8.05. The van der Waals surface area contributed by atoms with Crippen LogP contribution in [0.1, 0.15) is 16.7 Å². The first-order valence-electron chi connectivity index (χ1n) is 10.8. The molecular weight excluding hydrogens is 416 g/mol. The Kier molecular flexibility index (Phi) is 5.34. The lowest BCUT2D eigenvalue weighted by Gasteiger charge is -2.31. The van der Waals surface area contributed by atoms with Gasteiger partial charge in [-0.05, 0) is 23.1 Å². The van der Waals surface area contributed by atoms with Gasteiger partial charge in [-0.15, -0.1) is 0 Å². The maximum atomic E-state index is 13.8. The van der Waals surface area contributed by atoms with Gasteiger partial charge in [-0.3, -0.25) is 9.59 Å². The highest BCUT2D eigenvalue weighted by Crippen LogP contribution is 2.38. The molecule has 0 atom stereocenters. The number of amides is 2. The SMILES string of the molecule is COc1cc(OC)cc(N2C(=O)C(c3ccccc3)=C(N3CCc4ccccc4C3)C2=O)c1. The molecule has 0 saturated carbocycles. The fourth-order valence-corrected chi connectivity index (χ4v) is 4.52. The van der Waals surface area contributed by atoms with E-state index >= 15 is 0 Å². The first-order valence-corrected chi connectivity index (χ1v) is 10.8. The fourth-order valence-electron chi connectivity index (χ4n) is 4.52. The van der Waals surface area contributed by atoms with E-state index in [1.165, 1.54) is 30.2 Å². The number of hydrogen-bond acceptors (Lipinski definition) is 5. The van der Waals surface area contributed by atoms with E-state index in [1.54, 1.807) is 18.2 Å². The summed E-state index contributed by atoms with van der Waals surface area (Å²) in [4.78, 5) is 30.8. The number of carbonyl (C=O) groups excluding carboxylic acids is 2. The maximum Gasteiger partial charge on any atom is 0.282 e. The van der Waals surface area contributed by atoms with E-state index in [-0.39, 0.29) is 11.8 Å². The normalized spacial score (nSPS) is 15.7. The van der Waals surface area contributed by atoms with E-state index in [2.05, 4.69) is 12.1 Å². The summed E-state index contributed by atoms with van der Waals surface area (Å²) in [5, 5.41) is 0. The Morgan fingerprint density at radius 2 is 1.39 bits per heavy atom. The Morgan fingerprint density at radius 1 is 0.758 bits per heavy atom. The number of hydrogen-bond donors (Lipinski definition) is 0. The van der Waals surface area contributed by atoms with E-state index < -0.39 is 0 Å². The van der Waals surface area contributed by atoms with E-state index in [1.807, 2.05) is 47.4 Å². The van der Waals surface area contributed by atoms with Crippen molar-refractivity contribution in [1.82, 2.24) is 4.90 Å². The monoisotopic (exact) mass is 440 g/mol. The smallest absolute Gasteiger partial charge is 0.282 e. The molecule has 0 spiro atoms. The van der Waals surface area contributed by atoms with Crippen molar-refractivity contribution in [3.63, 3.8) is 0 Å². The lowest BCUT2D eigenvalue weighted by atomic mass is 9.98. The van der Waals surface area contributed by atoms with Gasteiger partial charge in [-0.25, -0.2) is 4.90 Å². The van der Waals surface area contributed by atoms with Crippen molar-refractivity contribution in [3.05, 3.63) is 95.2 Å². The number of carbonyl (C=O) groups is 2. The summed E-state index contributed by atoms with van der Waals surface area (Å²) in [7, 11) is 3.08. The first kappa shape index (κ1) is 20.8. The minimum absolute atomic E-state index is 0.339. The van der Waals surface area contributed by atoms with Crippen LogP contribution < -0.4 is 14.4 Å². The van der Waals surface area contributed by atoms with E-state index in [9.17, 15) is 9.59 Å². The van der Waals surface area contributed by atoms with Crippen molar-refractivity contribution in [1.29, 1.82) is 0 Å². The van der Waals surface area contributed by atoms with E-state index in [0.29, 0.717) is 41.5 Å². The van der Waals surface area contributed by atoms with Crippen LogP contribution in [0.15, 0.2) is 78.5 Å². The molecule has 0 saturated heterocycles. The van der Waals surface area contributed by atoms with Gasteiger partial charge < -0.3 is 14.4 Å². The molecule has 2 aliphatic heterocycles. The second kappa shape index (κ2) is 8.47. The maximum absolute atomic E-state index is 13.8. The van der Waals surface area contributed by atoms with Crippen LogP contribution in [0.3, 0.4) is 0 Å². The van der Waals surface area contributed by atoms with Crippen LogP contribution in [0.25, 0.3) is 5.57 Å². The summed E-state index contributed by atoms with van der Waals surface area (Å²) in [6.45, 7) is 1.24. The van der Waals surface area contributed by atoms with Gasteiger partial charge in [0.2, 0.25) is 0 Å². The van der Waals surface area contributed by atoms with E-state index in [0.717, 1.165) is 12.0 Å². The van der Waals surface area contributed by atoms with Crippen LogP contribution in [-0.4, -0.2) is 37.5 Å². The van der Waals surface area contributed by atoms with Crippen molar-refractivity contribution in [3.8, 4) is 11.5 Å². The number of methoxy groups -OCH3 is 2. The molecule has 2 amide bonds. The summed E-state index contributed by atoms with van der Waals surface area (Å²) in [5.74, 6) is 0.321. The Hall–Kier alpha value is -4.06. The highest BCUT2D eigenvalue weighted by atomic mass is 16.5. The zero-order valence-corrected chi connectivity index (χ0v) is 18.6. The molecule has 2 aliphatic rings. The van der Waals surface area contributed by atoms with Gasteiger partial charge in [0.15, 0.2) is 0 Å². The highest BCUT2D eigenvalue weighted by Gasteiger charge is 2.43. The van der Waals surface area contributed by atoms with Crippen molar-refractivity contribution < 1.29 is 19.1 Å². The van der Waals surface area contributed by atoms with Crippen LogP contribution in [-0.2, 0) is 22.6 Å². The van der Waals surface area contributed by atoms with Crippen molar-refractivity contribution in [2.24, 2.45) is 0 Å². The summed E-state index contributed by atoms with van der Waals surface area (Å²) < 4.78 is 10.7. The number of benzene rings is 3. The average molecular weight is 440 g/mol. The Bertz CT molecular complexity index is 1240. The number of fused-ring (bicyclic) bond motifs is 1. The summed E-state index contributed by atoms with van der Waals surface area (Å²) >= 11 is 0. The molecule has 0 radical (unpaired) electrons. The van der Waals surface area contributed by atoms with Crippen LogP contribution in [0.5, 0.6) is 11.5 Å². The molecule has 0 unspecified atom stereocenters. The molecule has 166 valence electrons. The first-order chi connectivity index (χ1) is 16.1. The lowest BCUT2D eigenvalue weighted by molar-refractivity contribution is -0.120. The quantitative estimate of drug-likeness (QED) is 0.561. The fraction of sp³-hybridized carbons (Fsp3) is 0.185. The number of anilines is 1. The van der Waals surface area contributed by atoms with Crippen LogP contribution >= 0.6 is 0 Å². The lowest BCUT2D eigenvalue weighted by Crippen LogP contribution is -2.37. The molecule has 0 fully saturated rings. The minimum Gasteiger partial charge on any atom is -0.497 e. The minimum atomic E-state index is -0.352. The zero-order valence-electron chi connectivity index (χ0n) is 18.6. The topological polar surface area (TPSA) is 59.1 Å². The third kappa shape index (κ3) is 3.63. The molecular formula is C27H24N2O4. The van der Waals surface area contributed by atoms with E-state index in [4.69, 9.17) is 9.47 Å². The Balaban J connectivity index is 1.62. The predicted molar refractivity (Wildman–Crippen MR) is 126 cm³/mol. The molecule has 33 heavy (non-hydrogen) atoms. The standard InChI is InChI=1S/C27H24N2O4/c1-32-22-14-21(15-23(16-22)33-2)29-26(30)24(19-9-4-3-5-10-19)25(27(29)31)28-13-12-18-8-6-7-11-20(18)17-28/h3-11,14-16H,12-13,17H2,1-2H3. The van der Waals surface area contributed by atoms with Gasteiger partial charge in [0.1, 0.15) is 17.2 Å². The zero-order chi connectivity index (χ0) is 22.9. The van der Waals surface area contributed by atoms with Gasteiger partial charge in [-0.1, -0.05) is 54.6 Å². The van der Waals surface area contributed by atoms with Gasteiger partial charge in [-0.2, -0.15) is 0 Å². The Labute approximate surface area is 192 Å². The average Bonchev–Trinajstić information content (AvgIpc) is 3.13. The molecule has 6 heteroatoms. The van der Waals surface area contributed by atoms with Crippen LogP contribution in [0.4, 0.5) is 5.69 Å². The summed E-state index contributed by atoms with van der Waals surface area (Å²) in [6, 6.07) is 22.7. The molecule has 5 rings (SSSR count). The Morgan fingerprint density at radius 3 is 2.06 bits per heavy atom. The van der Waals surface area contributed by atoms with Crippen molar-refractivity contribution in [2.45, 2.75) is 13.0 Å². The van der Waals surface area contributed by atoms with Crippen molar-refractivity contribution >= 4 is 23.1 Å². The largest absolute Gasteiger partial charge is 0.497 e. The summed E-state index contributed by atoms with van der Waals surface area (Å²) in [5.41, 5.74) is 4.44. The van der Waals surface area contributed by atoms with Gasteiger partial charge >= 0.3 is 0 Å². The molecule has 0 aromatic heterocycles. The molecule has 2 heterocycles. The molecule has 0 bridgehead atoms. The molecule has 3 aromatic carbocycles.